The van der Waals surface area contributed by atoms with Crippen molar-refractivity contribution >= 4 is 29.1 Å². The normalized spacial score (nSPS) is 15.5. The Morgan fingerprint density at radius 3 is 2.69 bits per heavy atom. The Hall–Kier alpha value is -2.68. The molecule has 1 aromatic heterocycles. The molecule has 3 rings (SSSR count). The number of aliphatic hydroxyl groups excluding tert-OH is 1. The van der Waals surface area contributed by atoms with Crippen LogP contribution < -0.4 is 10.6 Å². The number of aromatic nitrogens is 1. The summed E-state index contributed by atoms with van der Waals surface area (Å²) in [5.41, 5.74) is 0.168. The van der Waals surface area contributed by atoms with Gasteiger partial charge in [-0.1, -0.05) is 11.6 Å². The van der Waals surface area contributed by atoms with Gasteiger partial charge in [-0.25, -0.2) is 0 Å². The van der Waals surface area contributed by atoms with Crippen LogP contribution in [0.15, 0.2) is 36.5 Å². The predicted molar refractivity (Wildman–Crippen MR) is 107 cm³/mol. The highest BCUT2D eigenvalue weighted by Crippen LogP contribution is 2.23. The van der Waals surface area contributed by atoms with Crippen LogP contribution in [0.2, 0.25) is 5.02 Å². The highest BCUT2D eigenvalue weighted by molar-refractivity contribution is 6.30. The summed E-state index contributed by atoms with van der Waals surface area (Å²) in [7, 11) is 0. The highest BCUT2D eigenvalue weighted by Gasteiger charge is 2.34. The fourth-order valence-electron chi connectivity index (χ4n) is 3.10. The van der Waals surface area contributed by atoms with E-state index in [9.17, 15) is 19.8 Å². The number of anilines is 1. The van der Waals surface area contributed by atoms with Gasteiger partial charge in [0.25, 0.3) is 5.91 Å². The summed E-state index contributed by atoms with van der Waals surface area (Å²) in [6.07, 6.45) is 2.35. The molecule has 0 aliphatic carbocycles. The highest BCUT2D eigenvalue weighted by atomic mass is 35.5. The number of ether oxygens (including phenoxy) is 1. The number of halogens is 1. The lowest BCUT2D eigenvalue weighted by Crippen LogP contribution is -2.54. The fourth-order valence-corrected chi connectivity index (χ4v) is 3.29. The molecule has 1 saturated heterocycles. The first-order chi connectivity index (χ1) is 13.9. The summed E-state index contributed by atoms with van der Waals surface area (Å²) in [4.78, 5) is 29.0. The molecule has 8 nitrogen and oxygen atoms in total. The molecule has 2 amide bonds. The molecule has 1 aromatic carbocycles. The molecule has 0 atom stereocenters. The minimum absolute atomic E-state index is 0.0230. The van der Waals surface area contributed by atoms with E-state index >= 15 is 0 Å². The van der Waals surface area contributed by atoms with E-state index in [0.29, 0.717) is 42.3 Å². The first kappa shape index (κ1) is 21.0. The molecule has 154 valence electrons. The van der Waals surface area contributed by atoms with Crippen molar-refractivity contribution in [1.82, 2.24) is 10.3 Å². The zero-order valence-electron chi connectivity index (χ0n) is 15.7. The number of hydrogen-bond acceptors (Lipinski definition) is 6. The van der Waals surface area contributed by atoms with Crippen LogP contribution in [0.5, 0.6) is 5.75 Å². The number of phenols is 1. The molecule has 1 fully saturated rings. The fraction of sp³-hybridized carbons (Fsp3) is 0.350. The number of rotatable bonds is 6. The van der Waals surface area contributed by atoms with Crippen LogP contribution in [-0.2, 0) is 16.0 Å². The lowest BCUT2D eigenvalue weighted by Gasteiger charge is -2.36. The lowest BCUT2D eigenvalue weighted by molar-refractivity contribution is -0.115. The van der Waals surface area contributed by atoms with Gasteiger partial charge in [0.2, 0.25) is 5.91 Å². The maximum absolute atomic E-state index is 12.6. The largest absolute Gasteiger partial charge is 0.508 e. The molecule has 2 aromatic rings. The molecule has 0 unspecified atom stereocenters. The van der Waals surface area contributed by atoms with Gasteiger partial charge in [0.05, 0.1) is 18.6 Å². The number of carbonyl (C=O) groups is 2. The topological polar surface area (TPSA) is 121 Å². The van der Waals surface area contributed by atoms with Gasteiger partial charge in [-0.15, -0.1) is 0 Å². The van der Waals surface area contributed by atoms with E-state index in [-0.39, 0.29) is 30.4 Å². The Balaban J connectivity index is 1.66. The zero-order chi connectivity index (χ0) is 20.9. The standard InChI is InChI=1S/C20H22ClN3O5/c21-14-1-2-17(26)13(9-14)10-18(27)23-15-3-6-22-16(11-15)19(28)24-20(12-25)4-7-29-8-5-20/h1-3,6,9,11,25-26H,4-5,7-8,10,12H2,(H,24,28)(H,22,23,27). The second-order valence-corrected chi connectivity index (χ2v) is 7.37. The zero-order valence-corrected chi connectivity index (χ0v) is 16.4. The maximum atomic E-state index is 12.6. The molecule has 29 heavy (non-hydrogen) atoms. The van der Waals surface area contributed by atoms with Crippen LogP contribution in [0.25, 0.3) is 0 Å². The number of benzene rings is 1. The number of nitrogens with zero attached hydrogens (tertiary/aromatic N) is 1. The quantitative estimate of drug-likeness (QED) is 0.567. The van der Waals surface area contributed by atoms with Gasteiger partial charge in [0, 0.05) is 35.7 Å². The summed E-state index contributed by atoms with van der Waals surface area (Å²) in [6, 6.07) is 7.49. The van der Waals surface area contributed by atoms with Gasteiger partial charge < -0.3 is 25.6 Å². The summed E-state index contributed by atoms with van der Waals surface area (Å²) in [6.45, 7) is 0.725. The van der Waals surface area contributed by atoms with Crippen LogP contribution in [0.1, 0.15) is 28.9 Å². The summed E-state index contributed by atoms with van der Waals surface area (Å²) in [5, 5.41) is 25.5. The molecule has 0 spiro atoms. The lowest BCUT2D eigenvalue weighted by atomic mass is 9.91. The second-order valence-electron chi connectivity index (χ2n) is 6.93. The summed E-state index contributed by atoms with van der Waals surface area (Å²) >= 11 is 5.90. The SMILES string of the molecule is O=C(Cc1cc(Cl)ccc1O)Nc1ccnc(C(=O)NC2(CO)CCOCC2)c1. The van der Waals surface area contributed by atoms with Gasteiger partial charge in [-0.3, -0.25) is 14.6 Å². The summed E-state index contributed by atoms with van der Waals surface area (Å²) in [5.74, 6) is -0.842. The number of nitrogens with one attached hydrogen (secondary N) is 2. The van der Waals surface area contributed by atoms with E-state index in [1.54, 1.807) is 6.07 Å². The summed E-state index contributed by atoms with van der Waals surface area (Å²) < 4.78 is 5.29. The van der Waals surface area contributed by atoms with Crippen molar-refractivity contribution in [1.29, 1.82) is 0 Å². The maximum Gasteiger partial charge on any atom is 0.270 e. The van der Waals surface area contributed by atoms with Crippen LogP contribution in [0, 0.1) is 0 Å². The molecule has 2 heterocycles. The predicted octanol–water partition coefficient (Wildman–Crippen LogP) is 1.89. The first-order valence-electron chi connectivity index (χ1n) is 9.15. The van der Waals surface area contributed by atoms with Crippen molar-refractivity contribution in [3.8, 4) is 5.75 Å². The average molecular weight is 420 g/mol. The molecular formula is C20H22ClN3O5. The number of pyridine rings is 1. The smallest absolute Gasteiger partial charge is 0.270 e. The average Bonchev–Trinajstić information content (AvgIpc) is 2.71. The third-order valence-electron chi connectivity index (χ3n) is 4.80. The Bertz CT molecular complexity index is 899. The van der Waals surface area contributed by atoms with E-state index < -0.39 is 11.4 Å². The third-order valence-corrected chi connectivity index (χ3v) is 5.04. The van der Waals surface area contributed by atoms with E-state index in [1.807, 2.05) is 0 Å². The second kappa shape index (κ2) is 9.21. The first-order valence-corrected chi connectivity index (χ1v) is 9.53. The molecule has 9 heteroatoms. The van der Waals surface area contributed by atoms with Crippen molar-refractivity contribution in [2.75, 3.05) is 25.1 Å². The van der Waals surface area contributed by atoms with E-state index in [1.165, 1.54) is 30.5 Å². The molecular weight excluding hydrogens is 398 g/mol. The number of amides is 2. The molecule has 0 bridgehead atoms. The van der Waals surface area contributed by atoms with E-state index in [0.717, 1.165) is 0 Å². The van der Waals surface area contributed by atoms with Gasteiger partial charge in [0.1, 0.15) is 11.4 Å². The van der Waals surface area contributed by atoms with Crippen molar-refractivity contribution in [2.45, 2.75) is 24.8 Å². The number of hydrogen-bond donors (Lipinski definition) is 4. The minimum atomic E-state index is -0.736. The van der Waals surface area contributed by atoms with Gasteiger partial charge >= 0.3 is 0 Å². The Morgan fingerprint density at radius 2 is 1.97 bits per heavy atom. The van der Waals surface area contributed by atoms with Crippen LogP contribution in [-0.4, -0.2) is 52.4 Å². The van der Waals surface area contributed by atoms with Crippen molar-refractivity contribution in [3.05, 3.63) is 52.8 Å². The van der Waals surface area contributed by atoms with Gasteiger partial charge in [0.15, 0.2) is 0 Å². The van der Waals surface area contributed by atoms with Crippen molar-refractivity contribution < 1.29 is 24.5 Å². The number of aliphatic hydroxyl groups is 1. The van der Waals surface area contributed by atoms with Crippen LogP contribution >= 0.6 is 11.6 Å². The van der Waals surface area contributed by atoms with E-state index in [2.05, 4.69) is 15.6 Å². The van der Waals surface area contributed by atoms with Crippen LogP contribution in [0.4, 0.5) is 5.69 Å². The Kier molecular flexibility index (Phi) is 6.68. The minimum Gasteiger partial charge on any atom is -0.508 e. The van der Waals surface area contributed by atoms with Crippen molar-refractivity contribution in [2.24, 2.45) is 0 Å². The monoisotopic (exact) mass is 419 g/mol. The number of aromatic hydroxyl groups is 1. The molecule has 0 saturated carbocycles. The molecule has 1 aliphatic rings. The van der Waals surface area contributed by atoms with Gasteiger partial charge in [-0.2, -0.15) is 0 Å². The van der Waals surface area contributed by atoms with E-state index in [4.69, 9.17) is 16.3 Å². The van der Waals surface area contributed by atoms with Crippen LogP contribution in [0.3, 0.4) is 0 Å². The Labute approximate surface area is 172 Å². The third kappa shape index (κ3) is 5.44. The number of phenolic OH excluding ortho intramolecular Hbond substituents is 1. The van der Waals surface area contributed by atoms with Gasteiger partial charge in [-0.05, 0) is 43.2 Å². The molecule has 1 aliphatic heterocycles. The molecule has 4 N–H and O–H groups in total. The molecule has 0 radical (unpaired) electrons. The van der Waals surface area contributed by atoms with Crippen molar-refractivity contribution in [3.63, 3.8) is 0 Å². The number of carbonyl (C=O) groups excluding carboxylic acids is 2. The Morgan fingerprint density at radius 1 is 1.21 bits per heavy atom.